The van der Waals surface area contributed by atoms with Gasteiger partial charge in [0, 0.05) is 17.5 Å². The number of ketones is 1. The van der Waals surface area contributed by atoms with E-state index in [-0.39, 0.29) is 11.5 Å². The van der Waals surface area contributed by atoms with Gasteiger partial charge in [0.25, 0.3) is 0 Å². The van der Waals surface area contributed by atoms with Crippen molar-refractivity contribution in [1.29, 1.82) is 0 Å². The van der Waals surface area contributed by atoms with Gasteiger partial charge in [0.2, 0.25) is 0 Å². The van der Waals surface area contributed by atoms with Gasteiger partial charge in [-0.1, -0.05) is 18.2 Å². The summed E-state index contributed by atoms with van der Waals surface area (Å²) in [6, 6.07) is 14.2. The maximum absolute atomic E-state index is 12.3. The standard InChI is InChI=1S/C24H31NO3/c1-4-25(5-2,6-3)18-9-19-28-22-15-12-21(13-16-22)24(27)17-14-20-10-7-8-11-23(20)26/h7-8,10-17H,4-6,9,18-19H2,1-3H3/p+1. The average Bonchev–Trinajstić information content (AvgIpc) is 2.74. The number of benzene rings is 2. The van der Waals surface area contributed by atoms with Crippen LogP contribution >= 0.6 is 0 Å². The molecule has 0 heterocycles. The lowest BCUT2D eigenvalue weighted by Gasteiger charge is -2.35. The zero-order valence-electron chi connectivity index (χ0n) is 17.2. The summed E-state index contributed by atoms with van der Waals surface area (Å²) in [6.07, 6.45) is 4.12. The van der Waals surface area contributed by atoms with Crippen LogP contribution in [-0.4, -0.2) is 48.2 Å². The number of phenolic OH excluding ortho intramolecular Hbond substituents is 1. The van der Waals surface area contributed by atoms with Gasteiger partial charge in [0.05, 0.1) is 32.8 Å². The second-order valence-corrected chi connectivity index (χ2v) is 7.00. The molecular weight excluding hydrogens is 350 g/mol. The van der Waals surface area contributed by atoms with Crippen molar-refractivity contribution in [2.75, 3.05) is 32.8 Å². The lowest BCUT2D eigenvalue weighted by Crippen LogP contribution is -2.48. The van der Waals surface area contributed by atoms with Crippen molar-refractivity contribution in [2.45, 2.75) is 27.2 Å². The quantitative estimate of drug-likeness (QED) is 0.259. The molecule has 0 aromatic heterocycles. The van der Waals surface area contributed by atoms with Crippen LogP contribution < -0.4 is 4.74 Å². The Hall–Kier alpha value is -2.59. The van der Waals surface area contributed by atoms with E-state index >= 15 is 0 Å². The molecule has 0 atom stereocenters. The van der Waals surface area contributed by atoms with E-state index in [0.717, 1.165) is 42.8 Å². The van der Waals surface area contributed by atoms with Crippen LogP contribution in [0.25, 0.3) is 6.08 Å². The number of hydrogen-bond donors (Lipinski definition) is 1. The summed E-state index contributed by atoms with van der Waals surface area (Å²) in [5.41, 5.74) is 1.22. The molecule has 0 radical (unpaired) electrons. The van der Waals surface area contributed by atoms with Crippen LogP contribution in [0.3, 0.4) is 0 Å². The van der Waals surface area contributed by atoms with Gasteiger partial charge < -0.3 is 14.3 Å². The summed E-state index contributed by atoms with van der Waals surface area (Å²) >= 11 is 0. The Labute approximate surface area is 168 Å². The van der Waals surface area contributed by atoms with E-state index in [1.54, 1.807) is 36.4 Å². The highest BCUT2D eigenvalue weighted by Crippen LogP contribution is 2.18. The Morgan fingerprint density at radius 3 is 2.25 bits per heavy atom. The molecule has 4 nitrogen and oxygen atoms in total. The lowest BCUT2D eigenvalue weighted by molar-refractivity contribution is -0.923. The Morgan fingerprint density at radius 1 is 1.00 bits per heavy atom. The largest absolute Gasteiger partial charge is 0.507 e. The van der Waals surface area contributed by atoms with Crippen molar-refractivity contribution in [3.8, 4) is 11.5 Å². The lowest BCUT2D eigenvalue weighted by atomic mass is 10.1. The number of quaternary nitrogens is 1. The van der Waals surface area contributed by atoms with Gasteiger partial charge in [-0.2, -0.15) is 0 Å². The number of carbonyl (C=O) groups excluding carboxylic acids is 1. The summed E-state index contributed by atoms with van der Waals surface area (Å²) in [5.74, 6) is 0.835. The second kappa shape index (κ2) is 10.7. The summed E-state index contributed by atoms with van der Waals surface area (Å²) in [7, 11) is 0. The molecule has 0 amide bonds. The van der Waals surface area contributed by atoms with E-state index in [2.05, 4.69) is 20.8 Å². The third-order valence-electron chi connectivity index (χ3n) is 5.55. The molecule has 0 aliphatic heterocycles. The molecule has 0 fully saturated rings. The predicted octanol–water partition coefficient (Wildman–Crippen LogP) is 4.93. The third-order valence-corrected chi connectivity index (χ3v) is 5.55. The molecule has 2 aromatic carbocycles. The fourth-order valence-corrected chi connectivity index (χ4v) is 3.34. The van der Waals surface area contributed by atoms with Crippen LogP contribution in [0.1, 0.15) is 43.1 Å². The van der Waals surface area contributed by atoms with E-state index < -0.39 is 0 Å². The van der Waals surface area contributed by atoms with Crippen LogP contribution in [0.5, 0.6) is 11.5 Å². The summed E-state index contributed by atoms with van der Waals surface area (Å²) in [5, 5.41) is 9.75. The summed E-state index contributed by atoms with van der Waals surface area (Å²) in [6.45, 7) is 12.0. The summed E-state index contributed by atoms with van der Waals surface area (Å²) < 4.78 is 6.97. The van der Waals surface area contributed by atoms with E-state index in [4.69, 9.17) is 4.74 Å². The highest BCUT2D eigenvalue weighted by molar-refractivity contribution is 6.07. The topological polar surface area (TPSA) is 46.5 Å². The summed E-state index contributed by atoms with van der Waals surface area (Å²) in [4.78, 5) is 12.3. The first-order valence-corrected chi connectivity index (χ1v) is 10.1. The molecule has 0 aliphatic rings. The average molecular weight is 383 g/mol. The van der Waals surface area contributed by atoms with Crippen molar-refractivity contribution in [1.82, 2.24) is 0 Å². The van der Waals surface area contributed by atoms with Crippen LogP contribution in [0.15, 0.2) is 54.6 Å². The molecule has 0 aliphatic carbocycles. The van der Waals surface area contributed by atoms with Crippen LogP contribution in [0.4, 0.5) is 0 Å². The van der Waals surface area contributed by atoms with Gasteiger partial charge in [-0.3, -0.25) is 4.79 Å². The van der Waals surface area contributed by atoms with Gasteiger partial charge in [-0.15, -0.1) is 0 Å². The smallest absolute Gasteiger partial charge is 0.185 e. The van der Waals surface area contributed by atoms with E-state index in [9.17, 15) is 9.90 Å². The predicted molar refractivity (Wildman–Crippen MR) is 115 cm³/mol. The number of allylic oxidation sites excluding steroid dienone is 1. The van der Waals surface area contributed by atoms with Crippen LogP contribution in [0, 0.1) is 0 Å². The number of ether oxygens (including phenoxy) is 1. The van der Waals surface area contributed by atoms with E-state index in [1.807, 2.05) is 18.2 Å². The maximum atomic E-state index is 12.3. The molecule has 150 valence electrons. The van der Waals surface area contributed by atoms with Gasteiger partial charge in [0.15, 0.2) is 5.78 Å². The molecule has 4 heteroatoms. The Bertz CT molecular complexity index is 768. The van der Waals surface area contributed by atoms with Gasteiger partial charge in [-0.25, -0.2) is 0 Å². The zero-order valence-corrected chi connectivity index (χ0v) is 17.2. The fourth-order valence-electron chi connectivity index (χ4n) is 3.34. The third kappa shape index (κ3) is 5.96. The molecule has 0 unspecified atom stereocenters. The van der Waals surface area contributed by atoms with Crippen molar-refractivity contribution in [3.63, 3.8) is 0 Å². The number of rotatable bonds is 11. The molecule has 0 bridgehead atoms. The minimum absolute atomic E-state index is 0.106. The van der Waals surface area contributed by atoms with Crippen molar-refractivity contribution >= 4 is 11.9 Å². The maximum Gasteiger partial charge on any atom is 0.185 e. The number of hydrogen-bond acceptors (Lipinski definition) is 3. The Morgan fingerprint density at radius 2 is 1.64 bits per heavy atom. The normalized spacial score (nSPS) is 11.7. The number of para-hydroxylation sites is 1. The van der Waals surface area contributed by atoms with Crippen LogP contribution in [-0.2, 0) is 0 Å². The molecule has 2 rings (SSSR count). The SMILES string of the molecule is CC[N+](CC)(CC)CCCOc1ccc(C(=O)/C=C/c2ccccc2O)cc1. The number of carbonyl (C=O) groups is 1. The van der Waals surface area contributed by atoms with Crippen molar-refractivity contribution < 1.29 is 19.1 Å². The first-order valence-electron chi connectivity index (χ1n) is 10.1. The molecule has 2 aromatic rings. The van der Waals surface area contributed by atoms with E-state index in [1.165, 1.54) is 6.08 Å². The molecular formula is C24H32NO3+. The molecule has 1 N–H and O–H groups in total. The molecule has 0 spiro atoms. The highest BCUT2D eigenvalue weighted by atomic mass is 16.5. The Kier molecular flexibility index (Phi) is 8.27. The first kappa shape index (κ1) is 21.7. The van der Waals surface area contributed by atoms with Crippen molar-refractivity contribution in [3.05, 3.63) is 65.7 Å². The van der Waals surface area contributed by atoms with Crippen molar-refractivity contribution in [2.24, 2.45) is 0 Å². The number of aromatic hydroxyl groups is 1. The van der Waals surface area contributed by atoms with Crippen LogP contribution in [0.2, 0.25) is 0 Å². The zero-order chi connectivity index (χ0) is 20.4. The monoisotopic (exact) mass is 382 g/mol. The molecule has 0 saturated heterocycles. The molecule has 28 heavy (non-hydrogen) atoms. The first-order chi connectivity index (χ1) is 13.5. The number of phenols is 1. The minimum atomic E-state index is -0.106. The minimum Gasteiger partial charge on any atom is -0.507 e. The van der Waals surface area contributed by atoms with Gasteiger partial charge >= 0.3 is 0 Å². The Balaban J connectivity index is 1.86. The number of nitrogens with zero attached hydrogens (tertiary/aromatic N) is 1. The molecule has 0 saturated carbocycles. The van der Waals surface area contributed by atoms with E-state index in [0.29, 0.717) is 17.7 Å². The second-order valence-electron chi connectivity index (χ2n) is 7.00. The van der Waals surface area contributed by atoms with Gasteiger partial charge in [0.1, 0.15) is 11.5 Å². The fraction of sp³-hybridized carbons (Fsp3) is 0.375. The van der Waals surface area contributed by atoms with Gasteiger partial charge in [-0.05, 0) is 63.3 Å². The highest BCUT2D eigenvalue weighted by Gasteiger charge is 2.19.